The molecule has 0 radical (unpaired) electrons. The number of hydrogen-bond donors (Lipinski definition) is 3. The zero-order valence-electron chi connectivity index (χ0n) is 23.8. The van der Waals surface area contributed by atoms with Gasteiger partial charge in [-0.05, 0) is 107 Å². The van der Waals surface area contributed by atoms with Crippen molar-refractivity contribution in [3.05, 3.63) is 23.3 Å². The Morgan fingerprint density at radius 3 is 2.33 bits per heavy atom. The minimum Gasteiger partial charge on any atom is -0.496 e. The van der Waals surface area contributed by atoms with Crippen molar-refractivity contribution in [2.75, 3.05) is 13.7 Å². The van der Waals surface area contributed by atoms with E-state index < -0.39 is 11.4 Å². The number of carbonyl (C=O) groups excluding carboxylic acids is 2. The molecule has 5 rings (SSSR count). The Morgan fingerprint density at radius 1 is 1.03 bits per heavy atom. The quantitative estimate of drug-likeness (QED) is 0.412. The molecule has 8 heteroatoms. The lowest BCUT2D eigenvalue weighted by Gasteiger charge is -2.39. The van der Waals surface area contributed by atoms with Gasteiger partial charge in [0.2, 0.25) is 5.91 Å². The molecule has 8 nitrogen and oxygen atoms in total. The van der Waals surface area contributed by atoms with Gasteiger partial charge in [-0.1, -0.05) is 13.3 Å². The number of aryl methyl sites for hydroxylation is 1. The SMILES string of the molecule is COc1c(C)cc(OC2CCC(C)(C(=O)O)CC2)cc1C(=O)NC1C2CCC(C2)C1C(=O)NCC1(C)CCC1. The van der Waals surface area contributed by atoms with Crippen molar-refractivity contribution < 1.29 is 29.0 Å². The van der Waals surface area contributed by atoms with Crippen LogP contribution in [0.25, 0.3) is 0 Å². The maximum absolute atomic E-state index is 13.7. The second-order valence-electron chi connectivity index (χ2n) is 13.2. The standard InChI is InChI=1S/C31H44N2O6/c1-18-14-22(39-21-8-12-31(3,13-9-21)29(36)37)16-23(26(18)38-4)27(34)33-25-20-7-6-19(15-20)24(25)28(35)32-17-30(2)10-5-11-30/h14,16,19-21,24-25H,5-13,15,17H2,1-4H3,(H,32,35)(H,33,34)(H,36,37). The molecule has 4 aliphatic carbocycles. The van der Waals surface area contributed by atoms with Crippen LogP contribution in [0.3, 0.4) is 0 Å². The van der Waals surface area contributed by atoms with E-state index in [1.54, 1.807) is 20.1 Å². The van der Waals surface area contributed by atoms with Crippen LogP contribution in [0.4, 0.5) is 0 Å². The van der Waals surface area contributed by atoms with E-state index in [2.05, 4.69) is 17.6 Å². The molecule has 2 bridgehead atoms. The third-order valence-electron chi connectivity index (χ3n) is 10.3. The van der Waals surface area contributed by atoms with Crippen LogP contribution in [0.15, 0.2) is 12.1 Å². The topological polar surface area (TPSA) is 114 Å². The van der Waals surface area contributed by atoms with Gasteiger partial charge in [0.05, 0.1) is 30.1 Å². The van der Waals surface area contributed by atoms with E-state index in [9.17, 15) is 19.5 Å². The van der Waals surface area contributed by atoms with E-state index in [1.165, 1.54) is 6.42 Å². The first-order valence-electron chi connectivity index (χ1n) is 14.7. The average Bonchev–Trinajstić information content (AvgIpc) is 3.49. The fourth-order valence-electron chi connectivity index (χ4n) is 7.48. The van der Waals surface area contributed by atoms with Gasteiger partial charge in [0.15, 0.2) is 0 Å². The number of carbonyl (C=O) groups is 3. The lowest BCUT2D eigenvalue weighted by Crippen LogP contribution is -2.51. The van der Waals surface area contributed by atoms with Crippen LogP contribution in [-0.4, -0.2) is 48.7 Å². The van der Waals surface area contributed by atoms with Gasteiger partial charge in [-0.15, -0.1) is 0 Å². The van der Waals surface area contributed by atoms with Crippen LogP contribution < -0.4 is 20.1 Å². The number of nitrogens with one attached hydrogen (secondary N) is 2. The fraction of sp³-hybridized carbons (Fsp3) is 0.710. The molecule has 1 aromatic carbocycles. The zero-order chi connectivity index (χ0) is 27.9. The molecule has 3 N–H and O–H groups in total. The highest BCUT2D eigenvalue weighted by Gasteiger charge is 2.51. The van der Waals surface area contributed by atoms with E-state index in [1.807, 2.05) is 13.0 Å². The molecule has 2 amide bonds. The number of amides is 2. The highest BCUT2D eigenvalue weighted by atomic mass is 16.5. The third kappa shape index (κ3) is 5.48. The molecule has 0 heterocycles. The van der Waals surface area contributed by atoms with Gasteiger partial charge in [0.25, 0.3) is 5.91 Å². The minimum absolute atomic E-state index is 0.0755. The lowest BCUT2D eigenvalue weighted by molar-refractivity contribution is -0.150. The number of methoxy groups -OCH3 is 1. The highest BCUT2D eigenvalue weighted by Crippen LogP contribution is 2.49. The van der Waals surface area contributed by atoms with Gasteiger partial charge in [0.1, 0.15) is 11.5 Å². The second-order valence-corrected chi connectivity index (χ2v) is 13.2. The highest BCUT2D eigenvalue weighted by molar-refractivity contribution is 5.98. The molecule has 4 fully saturated rings. The minimum atomic E-state index is -0.759. The number of carboxylic acid groups (broad SMARTS) is 1. The largest absolute Gasteiger partial charge is 0.496 e. The summed E-state index contributed by atoms with van der Waals surface area (Å²) in [4.78, 5) is 38.7. The Labute approximate surface area is 231 Å². The molecule has 1 aromatic rings. The first-order chi connectivity index (χ1) is 18.5. The lowest BCUT2D eigenvalue weighted by atomic mass is 9.70. The zero-order valence-corrected chi connectivity index (χ0v) is 23.8. The molecule has 4 unspecified atom stereocenters. The Hall–Kier alpha value is -2.77. The number of ether oxygens (including phenoxy) is 2. The molecule has 4 atom stereocenters. The van der Waals surface area contributed by atoms with Crippen molar-refractivity contribution >= 4 is 17.8 Å². The summed E-state index contributed by atoms with van der Waals surface area (Å²) in [6.45, 7) is 6.63. The number of rotatable bonds is 9. The summed E-state index contributed by atoms with van der Waals surface area (Å²) in [6.07, 6.45) is 8.91. The monoisotopic (exact) mass is 540 g/mol. The van der Waals surface area contributed by atoms with Crippen LogP contribution in [0, 0.1) is 35.5 Å². The predicted octanol–water partition coefficient (Wildman–Crippen LogP) is 4.87. The molecule has 0 spiro atoms. The number of hydrogen-bond acceptors (Lipinski definition) is 5. The van der Waals surface area contributed by atoms with Gasteiger partial charge >= 0.3 is 5.97 Å². The van der Waals surface area contributed by atoms with E-state index in [0.29, 0.717) is 61.1 Å². The first kappa shape index (κ1) is 27.8. The fourth-order valence-corrected chi connectivity index (χ4v) is 7.48. The van der Waals surface area contributed by atoms with E-state index in [0.717, 1.165) is 37.7 Å². The Bertz CT molecular complexity index is 1120. The van der Waals surface area contributed by atoms with Crippen molar-refractivity contribution in [3.63, 3.8) is 0 Å². The maximum atomic E-state index is 13.7. The van der Waals surface area contributed by atoms with E-state index in [-0.39, 0.29) is 35.3 Å². The summed E-state index contributed by atoms with van der Waals surface area (Å²) in [5.74, 6) is 0.582. The summed E-state index contributed by atoms with van der Waals surface area (Å²) in [5, 5.41) is 16.0. The molecule has 4 aliphatic rings. The van der Waals surface area contributed by atoms with Gasteiger partial charge in [0, 0.05) is 12.6 Å². The Balaban J connectivity index is 1.28. The van der Waals surface area contributed by atoms with Crippen molar-refractivity contribution in [2.45, 2.75) is 97.1 Å². The van der Waals surface area contributed by atoms with Crippen molar-refractivity contribution in [1.82, 2.24) is 10.6 Å². The summed E-state index contributed by atoms with van der Waals surface area (Å²) >= 11 is 0. The van der Waals surface area contributed by atoms with Crippen LogP contribution in [0.1, 0.15) is 94.0 Å². The average molecular weight is 541 g/mol. The van der Waals surface area contributed by atoms with E-state index in [4.69, 9.17) is 9.47 Å². The second kappa shape index (κ2) is 10.7. The molecule has 0 aliphatic heterocycles. The molecule has 4 saturated carbocycles. The normalized spacial score (nSPS) is 32.7. The molecule has 0 aromatic heterocycles. The molecule has 39 heavy (non-hydrogen) atoms. The number of benzene rings is 1. The van der Waals surface area contributed by atoms with Crippen molar-refractivity contribution in [3.8, 4) is 11.5 Å². The van der Waals surface area contributed by atoms with Crippen LogP contribution >= 0.6 is 0 Å². The first-order valence-corrected chi connectivity index (χ1v) is 14.7. The van der Waals surface area contributed by atoms with Crippen LogP contribution in [0.5, 0.6) is 11.5 Å². The maximum Gasteiger partial charge on any atom is 0.309 e. The smallest absolute Gasteiger partial charge is 0.309 e. The predicted molar refractivity (Wildman–Crippen MR) is 147 cm³/mol. The third-order valence-corrected chi connectivity index (χ3v) is 10.3. The summed E-state index contributed by atoms with van der Waals surface area (Å²) in [6, 6.07) is 3.41. The molecular formula is C31H44N2O6. The van der Waals surface area contributed by atoms with Crippen LogP contribution in [-0.2, 0) is 9.59 Å². The van der Waals surface area contributed by atoms with Gasteiger partial charge in [-0.3, -0.25) is 14.4 Å². The van der Waals surface area contributed by atoms with Gasteiger partial charge in [-0.2, -0.15) is 0 Å². The molecule has 0 saturated heterocycles. The van der Waals surface area contributed by atoms with Crippen molar-refractivity contribution in [2.24, 2.45) is 28.6 Å². The molecule has 214 valence electrons. The Morgan fingerprint density at radius 2 is 1.72 bits per heavy atom. The number of carboxylic acids is 1. The number of aliphatic carboxylic acids is 1. The summed E-state index contributed by atoms with van der Waals surface area (Å²) < 4.78 is 11.9. The molecular weight excluding hydrogens is 496 g/mol. The van der Waals surface area contributed by atoms with Crippen LogP contribution in [0.2, 0.25) is 0 Å². The van der Waals surface area contributed by atoms with Gasteiger partial charge in [-0.25, -0.2) is 0 Å². The summed E-state index contributed by atoms with van der Waals surface area (Å²) in [7, 11) is 1.56. The summed E-state index contributed by atoms with van der Waals surface area (Å²) in [5.41, 5.74) is 0.701. The Kier molecular flexibility index (Phi) is 7.59. The van der Waals surface area contributed by atoms with E-state index >= 15 is 0 Å². The van der Waals surface area contributed by atoms with Gasteiger partial charge < -0.3 is 25.2 Å². The van der Waals surface area contributed by atoms with Crippen molar-refractivity contribution in [1.29, 1.82) is 0 Å². The number of fused-ring (bicyclic) bond motifs is 2.